The molecule has 2 heterocycles. The molecule has 1 aliphatic rings. The van der Waals surface area contributed by atoms with Crippen LogP contribution in [0.4, 0.5) is 10.7 Å². The van der Waals surface area contributed by atoms with Gasteiger partial charge in [0.15, 0.2) is 0 Å². The van der Waals surface area contributed by atoms with Gasteiger partial charge in [-0.15, -0.1) is 23.1 Å². The summed E-state index contributed by atoms with van der Waals surface area (Å²) in [6.07, 6.45) is 7.50. The molecule has 1 aliphatic carbocycles. The number of amides is 3. The van der Waals surface area contributed by atoms with Gasteiger partial charge in [-0.05, 0) is 80.1 Å². The van der Waals surface area contributed by atoms with E-state index in [1.54, 1.807) is 60.7 Å². The van der Waals surface area contributed by atoms with Crippen LogP contribution in [-0.2, 0) is 22.4 Å². The zero-order chi connectivity index (χ0) is 30.2. The summed E-state index contributed by atoms with van der Waals surface area (Å²) in [5.41, 5.74) is 2.60. The first kappa shape index (κ1) is 29.9. The largest absolute Gasteiger partial charge is 0.465 e. The Labute approximate surface area is 258 Å². The van der Waals surface area contributed by atoms with Gasteiger partial charge < -0.3 is 20.4 Å². The molecule has 3 amide bonds. The van der Waals surface area contributed by atoms with E-state index >= 15 is 0 Å². The van der Waals surface area contributed by atoms with Crippen molar-refractivity contribution in [1.29, 1.82) is 5.26 Å². The topological polar surface area (TPSA) is 124 Å². The summed E-state index contributed by atoms with van der Waals surface area (Å²) in [5.74, 6) is -0.714. The molecule has 1 unspecified atom stereocenters. The molecule has 10 heteroatoms. The van der Waals surface area contributed by atoms with Gasteiger partial charge in [0.1, 0.15) is 22.5 Å². The molecule has 8 nitrogen and oxygen atoms in total. The molecule has 0 saturated carbocycles. The number of thioether (sulfide) groups is 1. The Bertz CT molecular complexity index is 1690. The van der Waals surface area contributed by atoms with E-state index in [0.717, 1.165) is 36.1 Å². The number of carbonyl (C=O) groups is 3. The highest BCUT2D eigenvalue weighted by Gasteiger charge is 2.25. The Hall–Kier alpha value is -4.59. The van der Waals surface area contributed by atoms with Gasteiger partial charge in [-0.1, -0.05) is 31.2 Å². The molecule has 0 spiro atoms. The second-order valence-corrected chi connectivity index (χ2v) is 12.3. The number of benzene rings is 2. The Kier molecular flexibility index (Phi) is 9.77. The molecule has 0 bridgehead atoms. The maximum absolute atomic E-state index is 13.3. The maximum Gasteiger partial charge on any atom is 0.272 e. The van der Waals surface area contributed by atoms with E-state index in [1.165, 1.54) is 40.3 Å². The number of aryl methyl sites for hydroxylation is 1. The number of thiophene rings is 1. The van der Waals surface area contributed by atoms with Crippen molar-refractivity contribution < 1.29 is 18.8 Å². The summed E-state index contributed by atoms with van der Waals surface area (Å²) < 4.78 is 5.36. The minimum atomic E-state index is -0.529. The molecule has 3 N–H and O–H groups in total. The van der Waals surface area contributed by atoms with Crippen molar-refractivity contribution >= 4 is 57.6 Å². The van der Waals surface area contributed by atoms with Crippen LogP contribution in [-0.4, -0.2) is 23.0 Å². The van der Waals surface area contributed by atoms with Gasteiger partial charge >= 0.3 is 0 Å². The van der Waals surface area contributed by atoms with Crippen molar-refractivity contribution in [1.82, 2.24) is 5.32 Å². The summed E-state index contributed by atoms with van der Waals surface area (Å²) in [4.78, 5) is 41.4. The molecule has 0 radical (unpaired) electrons. The molecule has 2 aromatic carbocycles. The third-order valence-corrected chi connectivity index (χ3v) is 9.48. The van der Waals surface area contributed by atoms with Crippen molar-refractivity contribution in [3.05, 3.63) is 106 Å². The van der Waals surface area contributed by atoms with Crippen LogP contribution in [0.1, 0.15) is 58.3 Å². The second kappa shape index (κ2) is 14.1. The Morgan fingerprint density at radius 3 is 2.60 bits per heavy atom. The fourth-order valence-electron chi connectivity index (χ4n) is 4.75. The van der Waals surface area contributed by atoms with Crippen molar-refractivity contribution in [3.8, 4) is 6.07 Å². The predicted octanol–water partition coefficient (Wildman–Crippen LogP) is 7.01. The lowest BCUT2D eigenvalue weighted by Gasteiger charge is -2.15. The van der Waals surface area contributed by atoms with E-state index in [9.17, 15) is 19.6 Å². The minimum absolute atomic E-state index is 0.0135. The quantitative estimate of drug-likeness (QED) is 0.131. The number of nitrogens with zero attached hydrogens (tertiary/aromatic N) is 1. The van der Waals surface area contributed by atoms with Crippen LogP contribution < -0.4 is 16.0 Å². The number of hydrogen-bond donors (Lipinski definition) is 3. The average Bonchev–Trinajstić information content (AvgIpc) is 3.67. The minimum Gasteiger partial charge on any atom is -0.465 e. The number of hydrogen-bond acceptors (Lipinski definition) is 7. The molecule has 218 valence electrons. The van der Waals surface area contributed by atoms with E-state index in [2.05, 4.69) is 22.0 Å². The molecule has 5 rings (SSSR count). The smallest absolute Gasteiger partial charge is 0.272 e. The summed E-state index contributed by atoms with van der Waals surface area (Å²) >= 11 is 2.90. The number of nitrogens with one attached hydrogen (secondary N) is 3. The summed E-state index contributed by atoms with van der Waals surface area (Å²) in [6, 6.07) is 21.5. The molecule has 0 fully saturated rings. The van der Waals surface area contributed by atoms with E-state index in [1.807, 2.05) is 13.0 Å². The number of nitriles is 1. The van der Waals surface area contributed by atoms with Crippen LogP contribution in [0, 0.1) is 11.3 Å². The molecule has 2 aromatic heterocycles. The van der Waals surface area contributed by atoms with Gasteiger partial charge in [-0.25, -0.2) is 0 Å². The van der Waals surface area contributed by atoms with Crippen LogP contribution in [0.2, 0.25) is 0 Å². The van der Waals surface area contributed by atoms with E-state index < -0.39 is 17.1 Å². The maximum atomic E-state index is 13.3. The molecular weight excluding hydrogens is 581 g/mol. The van der Waals surface area contributed by atoms with Crippen LogP contribution in [0.15, 0.2) is 88.0 Å². The van der Waals surface area contributed by atoms with Gasteiger partial charge in [0, 0.05) is 27.1 Å². The highest BCUT2D eigenvalue weighted by Crippen LogP contribution is 2.38. The highest BCUT2D eigenvalue weighted by molar-refractivity contribution is 8.00. The normalized spacial score (nSPS) is 13.3. The fourth-order valence-corrected chi connectivity index (χ4v) is 7.01. The van der Waals surface area contributed by atoms with Gasteiger partial charge in [-0.3, -0.25) is 14.4 Å². The monoisotopic (exact) mass is 610 g/mol. The first-order valence-electron chi connectivity index (χ1n) is 14.0. The molecule has 1 atom stereocenters. The predicted molar refractivity (Wildman–Crippen MR) is 170 cm³/mol. The molecule has 0 saturated heterocycles. The second-order valence-electron chi connectivity index (χ2n) is 9.91. The van der Waals surface area contributed by atoms with Crippen molar-refractivity contribution in [2.24, 2.45) is 0 Å². The number of fused-ring (bicyclic) bond motifs is 1. The van der Waals surface area contributed by atoms with Crippen LogP contribution in [0.25, 0.3) is 6.08 Å². The van der Waals surface area contributed by atoms with E-state index in [0.29, 0.717) is 34.0 Å². The van der Waals surface area contributed by atoms with Gasteiger partial charge in [0.05, 0.1) is 17.1 Å². The Balaban J connectivity index is 1.28. The van der Waals surface area contributed by atoms with Gasteiger partial charge in [0.25, 0.3) is 11.8 Å². The van der Waals surface area contributed by atoms with Crippen LogP contribution in [0.5, 0.6) is 0 Å². The summed E-state index contributed by atoms with van der Waals surface area (Å²) in [7, 11) is 0. The third-order valence-electron chi connectivity index (χ3n) is 6.91. The molecule has 0 aliphatic heterocycles. The first-order valence-corrected chi connectivity index (χ1v) is 15.7. The zero-order valence-corrected chi connectivity index (χ0v) is 25.1. The summed E-state index contributed by atoms with van der Waals surface area (Å²) in [5, 5.41) is 18.5. The SMILES string of the molecule is CCC(Sc1cccc(NC(=O)/C(=C/c2ccco2)NC(=O)c2ccccc2)c1)C(=O)Nc1sc2c(c1C#N)CCCC2. The van der Waals surface area contributed by atoms with E-state index in [4.69, 9.17) is 4.42 Å². The zero-order valence-electron chi connectivity index (χ0n) is 23.5. The lowest BCUT2D eigenvalue weighted by atomic mass is 9.96. The number of rotatable bonds is 10. The average molecular weight is 611 g/mol. The molecule has 4 aromatic rings. The van der Waals surface area contributed by atoms with Gasteiger partial charge in [0.2, 0.25) is 5.91 Å². The lowest BCUT2D eigenvalue weighted by Crippen LogP contribution is -2.30. The summed E-state index contributed by atoms with van der Waals surface area (Å²) in [6.45, 7) is 1.94. The molecule has 43 heavy (non-hydrogen) atoms. The Morgan fingerprint density at radius 1 is 1.05 bits per heavy atom. The van der Waals surface area contributed by atoms with Gasteiger partial charge in [-0.2, -0.15) is 5.26 Å². The lowest BCUT2D eigenvalue weighted by molar-refractivity contribution is -0.116. The van der Waals surface area contributed by atoms with Crippen LogP contribution in [0.3, 0.4) is 0 Å². The van der Waals surface area contributed by atoms with E-state index in [-0.39, 0.29) is 11.6 Å². The number of furan rings is 1. The Morgan fingerprint density at radius 2 is 1.86 bits per heavy atom. The fraction of sp³-hybridized carbons (Fsp3) is 0.212. The standard InChI is InChI=1S/C33H30N4O4S2/c1-2-28(32(40)37-33-26(20-34)25-15-6-7-16-29(25)43-33)42-24-14-8-12-22(18-24)35-31(39)27(19-23-13-9-17-41-23)36-30(38)21-10-4-3-5-11-21/h3-5,8-14,17-19,28H,2,6-7,15-16H2,1H3,(H,35,39)(H,36,38)(H,37,40)/b27-19-. The number of anilines is 2. The third kappa shape index (κ3) is 7.44. The van der Waals surface area contributed by atoms with Crippen LogP contribution >= 0.6 is 23.1 Å². The van der Waals surface area contributed by atoms with Crippen molar-refractivity contribution in [2.75, 3.05) is 10.6 Å². The molecular formula is C33H30N4O4S2. The van der Waals surface area contributed by atoms with Crippen molar-refractivity contribution in [3.63, 3.8) is 0 Å². The highest BCUT2D eigenvalue weighted by atomic mass is 32.2. The van der Waals surface area contributed by atoms with Crippen molar-refractivity contribution in [2.45, 2.75) is 49.2 Å². The number of carbonyl (C=O) groups excluding carboxylic acids is 3. The first-order chi connectivity index (χ1) is 20.9.